The summed E-state index contributed by atoms with van der Waals surface area (Å²) in [6.07, 6.45) is 6.89. The molecule has 0 aromatic heterocycles. The van der Waals surface area contributed by atoms with Gasteiger partial charge in [0.2, 0.25) is 11.8 Å². The van der Waals surface area contributed by atoms with Crippen molar-refractivity contribution >= 4 is 23.2 Å². The summed E-state index contributed by atoms with van der Waals surface area (Å²) in [5, 5.41) is 5.91. The number of hydrogen-bond acceptors (Lipinski definition) is 2. The second kappa shape index (κ2) is 7.97. The van der Waals surface area contributed by atoms with Crippen LogP contribution in [0.15, 0.2) is 18.2 Å². The first-order chi connectivity index (χ1) is 10.6. The highest BCUT2D eigenvalue weighted by Gasteiger charge is 2.29. The van der Waals surface area contributed by atoms with Crippen molar-refractivity contribution in [1.29, 1.82) is 0 Å². The highest BCUT2D eigenvalue weighted by molar-refractivity contribution is 5.97. The molecule has 0 spiro atoms. The molecule has 0 atom stereocenters. The molecule has 0 saturated heterocycles. The maximum Gasteiger partial charge on any atom is 0.227 e. The first-order valence-electron chi connectivity index (χ1n) is 8.32. The largest absolute Gasteiger partial charge is 0.326 e. The van der Waals surface area contributed by atoms with Crippen molar-refractivity contribution in [3.8, 4) is 0 Å². The average Bonchev–Trinajstić information content (AvgIpc) is 3.32. The van der Waals surface area contributed by atoms with E-state index >= 15 is 0 Å². The molecule has 1 aliphatic carbocycles. The molecule has 2 N–H and O–H groups in total. The van der Waals surface area contributed by atoms with Crippen molar-refractivity contribution in [2.45, 2.75) is 58.8 Å². The van der Waals surface area contributed by atoms with E-state index in [0.29, 0.717) is 6.42 Å². The van der Waals surface area contributed by atoms with Gasteiger partial charge in [-0.25, -0.2) is 0 Å². The van der Waals surface area contributed by atoms with E-state index in [1.165, 1.54) is 12.8 Å². The number of benzene rings is 1. The molecule has 0 unspecified atom stereocenters. The van der Waals surface area contributed by atoms with Crippen LogP contribution in [0.5, 0.6) is 0 Å². The van der Waals surface area contributed by atoms with Gasteiger partial charge >= 0.3 is 0 Å². The number of hydrogen-bond donors (Lipinski definition) is 2. The lowest BCUT2D eigenvalue weighted by molar-refractivity contribution is -0.117. The van der Waals surface area contributed by atoms with Crippen LogP contribution in [-0.2, 0) is 9.59 Å². The van der Waals surface area contributed by atoms with Crippen LogP contribution in [0.2, 0.25) is 0 Å². The summed E-state index contributed by atoms with van der Waals surface area (Å²) in [6.45, 7) is 4.08. The van der Waals surface area contributed by atoms with Gasteiger partial charge in [-0.3, -0.25) is 9.59 Å². The standard InChI is InChI=1S/C18H26N2O2/c1-3-4-5-6-10-17(21)19-15-8-7-9-16(13(15)2)20-18(22)14-11-12-14/h7-9,14H,3-6,10-12H2,1-2H3,(H,19,21)(H,20,22). The molecule has 0 heterocycles. The van der Waals surface area contributed by atoms with Gasteiger partial charge in [-0.15, -0.1) is 0 Å². The van der Waals surface area contributed by atoms with Crippen molar-refractivity contribution in [2.75, 3.05) is 10.6 Å². The first-order valence-corrected chi connectivity index (χ1v) is 8.32. The van der Waals surface area contributed by atoms with Gasteiger partial charge in [-0.2, -0.15) is 0 Å². The lowest BCUT2D eigenvalue weighted by Gasteiger charge is -2.13. The Labute approximate surface area is 132 Å². The van der Waals surface area contributed by atoms with E-state index in [4.69, 9.17) is 0 Å². The molecule has 1 aromatic carbocycles. The van der Waals surface area contributed by atoms with Crippen LogP contribution in [0.1, 0.15) is 57.4 Å². The summed E-state index contributed by atoms with van der Waals surface area (Å²) >= 11 is 0. The molecule has 120 valence electrons. The fraction of sp³-hybridized carbons (Fsp3) is 0.556. The minimum Gasteiger partial charge on any atom is -0.326 e. The zero-order valence-corrected chi connectivity index (χ0v) is 13.6. The van der Waals surface area contributed by atoms with Crippen molar-refractivity contribution < 1.29 is 9.59 Å². The van der Waals surface area contributed by atoms with Gasteiger partial charge in [0.1, 0.15) is 0 Å². The third-order valence-corrected chi connectivity index (χ3v) is 4.07. The molecule has 2 amide bonds. The van der Waals surface area contributed by atoms with E-state index in [0.717, 1.165) is 42.6 Å². The molecule has 1 saturated carbocycles. The minimum absolute atomic E-state index is 0.0462. The summed E-state index contributed by atoms with van der Waals surface area (Å²) in [6, 6.07) is 5.63. The van der Waals surface area contributed by atoms with Gasteiger partial charge in [-0.1, -0.05) is 32.3 Å². The van der Waals surface area contributed by atoms with Gasteiger partial charge < -0.3 is 10.6 Å². The quantitative estimate of drug-likeness (QED) is 0.705. The van der Waals surface area contributed by atoms with Crippen molar-refractivity contribution in [3.63, 3.8) is 0 Å². The van der Waals surface area contributed by atoms with Crippen LogP contribution in [0.25, 0.3) is 0 Å². The Balaban J connectivity index is 1.90. The molecule has 4 nitrogen and oxygen atoms in total. The fourth-order valence-electron chi connectivity index (χ4n) is 2.41. The molecule has 0 radical (unpaired) electrons. The number of carbonyl (C=O) groups excluding carboxylic acids is 2. The van der Waals surface area contributed by atoms with Crippen LogP contribution in [0.4, 0.5) is 11.4 Å². The lowest BCUT2D eigenvalue weighted by Crippen LogP contribution is -2.16. The zero-order chi connectivity index (χ0) is 15.9. The predicted molar refractivity (Wildman–Crippen MR) is 89.9 cm³/mol. The maximum absolute atomic E-state index is 12.0. The Morgan fingerprint density at radius 1 is 1.09 bits per heavy atom. The molecule has 4 heteroatoms. The summed E-state index contributed by atoms with van der Waals surface area (Å²) < 4.78 is 0. The van der Waals surface area contributed by atoms with Crippen molar-refractivity contribution in [1.82, 2.24) is 0 Å². The van der Waals surface area contributed by atoms with Crippen LogP contribution in [0, 0.1) is 12.8 Å². The second-order valence-electron chi connectivity index (χ2n) is 6.10. The van der Waals surface area contributed by atoms with Crippen LogP contribution in [-0.4, -0.2) is 11.8 Å². The van der Waals surface area contributed by atoms with E-state index in [2.05, 4.69) is 17.6 Å². The van der Waals surface area contributed by atoms with Crippen LogP contribution < -0.4 is 10.6 Å². The minimum atomic E-state index is 0.0462. The lowest BCUT2D eigenvalue weighted by atomic mass is 10.1. The highest BCUT2D eigenvalue weighted by atomic mass is 16.2. The smallest absolute Gasteiger partial charge is 0.227 e. The Kier molecular flexibility index (Phi) is 5.99. The first kappa shape index (κ1) is 16.5. The summed E-state index contributed by atoms with van der Waals surface area (Å²) in [5.74, 6) is 0.312. The Bertz CT molecular complexity index is 536. The number of anilines is 2. The van der Waals surface area contributed by atoms with Gasteiger partial charge in [0.05, 0.1) is 0 Å². The highest BCUT2D eigenvalue weighted by Crippen LogP contribution is 2.31. The molecule has 0 aliphatic heterocycles. The van der Waals surface area contributed by atoms with E-state index in [1.54, 1.807) is 0 Å². The number of amides is 2. The monoisotopic (exact) mass is 302 g/mol. The number of rotatable bonds is 8. The van der Waals surface area contributed by atoms with Gasteiger partial charge in [0.15, 0.2) is 0 Å². The molecule has 22 heavy (non-hydrogen) atoms. The van der Waals surface area contributed by atoms with E-state index < -0.39 is 0 Å². The summed E-state index contributed by atoms with van der Waals surface area (Å²) in [4.78, 5) is 23.8. The molecule has 0 bridgehead atoms. The van der Waals surface area contributed by atoms with Gasteiger partial charge in [0, 0.05) is 23.7 Å². The van der Waals surface area contributed by atoms with E-state index in [1.807, 2.05) is 25.1 Å². The Hall–Kier alpha value is -1.84. The number of carbonyl (C=O) groups is 2. The second-order valence-corrected chi connectivity index (χ2v) is 6.10. The van der Waals surface area contributed by atoms with E-state index in [9.17, 15) is 9.59 Å². The number of nitrogens with one attached hydrogen (secondary N) is 2. The Morgan fingerprint density at radius 2 is 1.77 bits per heavy atom. The van der Waals surface area contributed by atoms with Gasteiger partial charge in [0.25, 0.3) is 0 Å². The summed E-state index contributed by atoms with van der Waals surface area (Å²) in [7, 11) is 0. The van der Waals surface area contributed by atoms with Crippen molar-refractivity contribution in [3.05, 3.63) is 23.8 Å². The Morgan fingerprint density at radius 3 is 2.41 bits per heavy atom. The van der Waals surface area contributed by atoms with Crippen LogP contribution in [0.3, 0.4) is 0 Å². The molecular weight excluding hydrogens is 276 g/mol. The fourth-order valence-corrected chi connectivity index (χ4v) is 2.41. The number of unbranched alkanes of at least 4 members (excludes halogenated alkanes) is 3. The van der Waals surface area contributed by atoms with Crippen molar-refractivity contribution in [2.24, 2.45) is 5.92 Å². The van der Waals surface area contributed by atoms with Gasteiger partial charge in [-0.05, 0) is 43.9 Å². The molecule has 1 aliphatic rings. The molecule has 1 aromatic rings. The topological polar surface area (TPSA) is 58.2 Å². The van der Waals surface area contributed by atoms with Crippen LogP contribution >= 0.6 is 0 Å². The van der Waals surface area contributed by atoms with E-state index in [-0.39, 0.29) is 17.7 Å². The molecular formula is C18H26N2O2. The third-order valence-electron chi connectivity index (χ3n) is 4.07. The SMILES string of the molecule is CCCCCCC(=O)Nc1cccc(NC(=O)C2CC2)c1C. The molecule has 1 fully saturated rings. The summed E-state index contributed by atoms with van der Waals surface area (Å²) in [5.41, 5.74) is 2.49. The zero-order valence-electron chi connectivity index (χ0n) is 13.6. The normalized spacial score (nSPS) is 13.7. The molecule has 2 rings (SSSR count). The average molecular weight is 302 g/mol. The third kappa shape index (κ3) is 4.86. The predicted octanol–water partition coefficient (Wildman–Crippen LogP) is 4.25. The maximum atomic E-state index is 12.0.